The smallest absolute Gasteiger partial charge is 0.154 e. The third kappa shape index (κ3) is 1.30. The molecule has 64 valence electrons. The van der Waals surface area contributed by atoms with Crippen LogP contribution in [0.3, 0.4) is 0 Å². The first-order valence-electron chi connectivity index (χ1n) is 4.12. The molecule has 0 unspecified atom stereocenters. The molecule has 0 aromatic heterocycles. The van der Waals surface area contributed by atoms with Crippen LogP contribution in [0.4, 0.5) is 0 Å². The molecule has 0 bridgehead atoms. The van der Waals surface area contributed by atoms with Gasteiger partial charge in [0.2, 0.25) is 0 Å². The lowest BCUT2D eigenvalue weighted by Gasteiger charge is -2.20. The molecule has 2 nitrogen and oxygen atoms in total. The van der Waals surface area contributed by atoms with Crippen molar-refractivity contribution >= 4 is 18.2 Å². The number of rotatable bonds is 0. The van der Waals surface area contributed by atoms with Gasteiger partial charge in [-0.2, -0.15) is 0 Å². The average Bonchev–Trinajstić information content (AvgIpc) is 2.48. The highest BCUT2D eigenvalue weighted by Crippen LogP contribution is 2.33. The standard InChI is InChI=1S/C8H13NO.ClH/c10-7-3-6-9-8(7)4-1-2-5-8;/h9H,1-6H2;1H. The fourth-order valence-electron chi connectivity index (χ4n) is 2.19. The summed E-state index contributed by atoms with van der Waals surface area (Å²) in [6.07, 6.45) is 5.41. The number of hydrogen-bond acceptors (Lipinski definition) is 2. The Labute approximate surface area is 73.1 Å². The molecule has 11 heavy (non-hydrogen) atoms. The van der Waals surface area contributed by atoms with Crippen LogP contribution in [0.25, 0.3) is 0 Å². The molecule has 2 fully saturated rings. The molecule has 1 N–H and O–H groups in total. The third-order valence-corrected chi connectivity index (χ3v) is 2.81. The van der Waals surface area contributed by atoms with Gasteiger partial charge >= 0.3 is 0 Å². The molecular formula is C8H14ClNO. The summed E-state index contributed by atoms with van der Waals surface area (Å²) in [6.45, 7) is 0.916. The molecule has 3 heteroatoms. The van der Waals surface area contributed by atoms with Gasteiger partial charge in [0.25, 0.3) is 0 Å². The summed E-state index contributed by atoms with van der Waals surface area (Å²) < 4.78 is 0. The van der Waals surface area contributed by atoms with Gasteiger partial charge in [-0.15, -0.1) is 12.4 Å². The van der Waals surface area contributed by atoms with Crippen molar-refractivity contribution in [2.24, 2.45) is 0 Å². The minimum Gasteiger partial charge on any atom is -0.304 e. The zero-order valence-corrected chi connectivity index (χ0v) is 7.38. The van der Waals surface area contributed by atoms with E-state index in [0.29, 0.717) is 5.78 Å². The number of nitrogens with one attached hydrogen (secondary N) is 1. The summed E-state index contributed by atoms with van der Waals surface area (Å²) in [6, 6.07) is 0. The lowest BCUT2D eigenvalue weighted by Crippen LogP contribution is -2.42. The van der Waals surface area contributed by atoms with Gasteiger partial charge in [-0.3, -0.25) is 4.79 Å². The van der Waals surface area contributed by atoms with Crippen LogP contribution in [0.2, 0.25) is 0 Å². The Morgan fingerprint density at radius 2 is 1.91 bits per heavy atom. The average molecular weight is 176 g/mol. The summed E-state index contributed by atoms with van der Waals surface area (Å²) >= 11 is 0. The molecule has 0 aromatic rings. The van der Waals surface area contributed by atoms with Crippen LogP contribution in [0.15, 0.2) is 0 Å². The van der Waals surface area contributed by atoms with Crippen molar-refractivity contribution in [3.8, 4) is 0 Å². The molecule has 1 aliphatic heterocycles. The van der Waals surface area contributed by atoms with Gasteiger partial charge in [0.05, 0.1) is 5.54 Å². The minimum absolute atomic E-state index is 0. The van der Waals surface area contributed by atoms with Gasteiger partial charge in [-0.05, 0) is 12.8 Å². The topological polar surface area (TPSA) is 29.1 Å². The monoisotopic (exact) mass is 175 g/mol. The second kappa shape index (κ2) is 3.11. The number of halogens is 1. The summed E-state index contributed by atoms with van der Waals surface area (Å²) in [4.78, 5) is 11.3. The summed E-state index contributed by atoms with van der Waals surface area (Å²) in [5.74, 6) is 0.463. The molecule has 1 spiro atoms. The highest BCUT2D eigenvalue weighted by Gasteiger charge is 2.43. The fraction of sp³-hybridized carbons (Fsp3) is 0.875. The zero-order chi connectivity index (χ0) is 7.03. The van der Waals surface area contributed by atoms with Crippen molar-refractivity contribution in [3.05, 3.63) is 0 Å². The predicted octanol–water partition coefficient (Wildman–Crippen LogP) is 1.28. The predicted molar refractivity (Wildman–Crippen MR) is 46.1 cm³/mol. The highest BCUT2D eigenvalue weighted by atomic mass is 35.5. The van der Waals surface area contributed by atoms with Crippen molar-refractivity contribution < 1.29 is 4.79 Å². The SMILES string of the molecule is Cl.O=C1CCNC12CCCC2. The van der Waals surface area contributed by atoms with Gasteiger partial charge < -0.3 is 5.32 Å². The Hall–Kier alpha value is -0.0800. The Balaban J connectivity index is 0.000000605. The minimum atomic E-state index is -0.0417. The first-order chi connectivity index (χ1) is 4.83. The van der Waals surface area contributed by atoms with Gasteiger partial charge in [-0.1, -0.05) is 12.8 Å². The van der Waals surface area contributed by atoms with E-state index < -0.39 is 0 Å². The second-order valence-electron chi connectivity index (χ2n) is 3.39. The molecule has 0 atom stereocenters. The third-order valence-electron chi connectivity index (χ3n) is 2.81. The molecular weight excluding hydrogens is 162 g/mol. The molecule has 0 amide bonds. The highest BCUT2D eigenvalue weighted by molar-refractivity contribution is 5.90. The Kier molecular flexibility index (Phi) is 2.55. The van der Waals surface area contributed by atoms with E-state index in [2.05, 4.69) is 5.32 Å². The Morgan fingerprint density at radius 1 is 1.27 bits per heavy atom. The van der Waals surface area contributed by atoms with E-state index in [9.17, 15) is 4.79 Å². The molecule has 1 aliphatic carbocycles. The van der Waals surface area contributed by atoms with Crippen LogP contribution >= 0.6 is 12.4 Å². The number of ketones is 1. The van der Waals surface area contributed by atoms with Gasteiger partial charge in [0.15, 0.2) is 5.78 Å². The lowest BCUT2D eigenvalue weighted by atomic mass is 9.95. The second-order valence-corrected chi connectivity index (χ2v) is 3.39. The van der Waals surface area contributed by atoms with E-state index in [1.807, 2.05) is 0 Å². The van der Waals surface area contributed by atoms with Crippen molar-refractivity contribution in [1.29, 1.82) is 0 Å². The first kappa shape index (κ1) is 9.01. The van der Waals surface area contributed by atoms with Crippen molar-refractivity contribution in [2.75, 3.05) is 6.54 Å². The lowest BCUT2D eigenvalue weighted by molar-refractivity contribution is -0.122. The number of Topliss-reactive ketones (excluding diaryl/α,β-unsaturated/α-hetero) is 1. The summed E-state index contributed by atoms with van der Waals surface area (Å²) in [5.41, 5.74) is -0.0417. The molecule has 0 aromatic carbocycles. The molecule has 1 saturated carbocycles. The van der Waals surface area contributed by atoms with E-state index in [4.69, 9.17) is 0 Å². The van der Waals surface area contributed by atoms with Crippen LogP contribution in [0, 0.1) is 0 Å². The van der Waals surface area contributed by atoms with E-state index in [0.717, 1.165) is 25.8 Å². The fourth-order valence-corrected chi connectivity index (χ4v) is 2.19. The van der Waals surface area contributed by atoms with Crippen LogP contribution in [-0.2, 0) is 4.79 Å². The van der Waals surface area contributed by atoms with Crippen LogP contribution < -0.4 is 5.32 Å². The maximum absolute atomic E-state index is 11.3. The normalized spacial score (nSPS) is 27.5. The molecule has 1 saturated heterocycles. The van der Waals surface area contributed by atoms with Crippen molar-refractivity contribution in [2.45, 2.75) is 37.6 Å². The number of hydrogen-bond donors (Lipinski definition) is 1. The molecule has 2 aliphatic rings. The Morgan fingerprint density at radius 3 is 2.36 bits per heavy atom. The Bertz CT molecular complexity index is 158. The van der Waals surface area contributed by atoms with Crippen molar-refractivity contribution in [3.63, 3.8) is 0 Å². The summed E-state index contributed by atoms with van der Waals surface area (Å²) in [7, 11) is 0. The van der Waals surface area contributed by atoms with E-state index >= 15 is 0 Å². The van der Waals surface area contributed by atoms with Crippen LogP contribution in [-0.4, -0.2) is 17.9 Å². The molecule has 1 heterocycles. The largest absolute Gasteiger partial charge is 0.304 e. The maximum atomic E-state index is 11.3. The van der Waals surface area contributed by atoms with Crippen LogP contribution in [0.1, 0.15) is 32.1 Å². The quantitative estimate of drug-likeness (QED) is 0.601. The zero-order valence-electron chi connectivity index (χ0n) is 6.56. The van der Waals surface area contributed by atoms with E-state index in [1.165, 1.54) is 12.8 Å². The van der Waals surface area contributed by atoms with Gasteiger partial charge in [-0.25, -0.2) is 0 Å². The molecule has 2 rings (SSSR count). The van der Waals surface area contributed by atoms with Gasteiger partial charge in [0, 0.05) is 13.0 Å². The maximum Gasteiger partial charge on any atom is 0.154 e. The molecule has 0 radical (unpaired) electrons. The van der Waals surface area contributed by atoms with Crippen LogP contribution in [0.5, 0.6) is 0 Å². The van der Waals surface area contributed by atoms with E-state index in [1.54, 1.807) is 0 Å². The first-order valence-corrected chi connectivity index (χ1v) is 4.12. The van der Waals surface area contributed by atoms with Crippen molar-refractivity contribution in [1.82, 2.24) is 5.32 Å². The number of carbonyl (C=O) groups is 1. The van der Waals surface area contributed by atoms with E-state index in [-0.39, 0.29) is 17.9 Å². The van der Waals surface area contributed by atoms with Gasteiger partial charge in [0.1, 0.15) is 0 Å². The summed E-state index contributed by atoms with van der Waals surface area (Å²) in [5, 5.41) is 3.33. The number of carbonyl (C=O) groups excluding carboxylic acids is 1.